The average molecular weight is 423 g/mol. The van der Waals surface area contributed by atoms with Crippen LogP contribution < -0.4 is 5.46 Å². The number of hydrogen-bond acceptors (Lipinski definition) is 5. The molecule has 1 fully saturated rings. The lowest BCUT2D eigenvalue weighted by Gasteiger charge is -2.32. The Morgan fingerprint density at radius 1 is 1.13 bits per heavy atom. The van der Waals surface area contributed by atoms with Crippen molar-refractivity contribution in [2.75, 3.05) is 6.61 Å². The van der Waals surface area contributed by atoms with E-state index in [-0.39, 0.29) is 5.56 Å². The highest BCUT2D eigenvalue weighted by Crippen LogP contribution is 2.37. The molecule has 1 saturated heterocycles. The van der Waals surface area contributed by atoms with Crippen molar-refractivity contribution in [1.29, 1.82) is 5.26 Å². The second-order valence-electron chi connectivity index (χ2n) is 8.69. The number of carbonyl (C=O) groups excluding carboxylic acids is 1. The van der Waals surface area contributed by atoms with Crippen LogP contribution in [-0.4, -0.2) is 30.9 Å². The topological polar surface area (TPSA) is 68.6 Å². The van der Waals surface area contributed by atoms with E-state index in [2.05, 4.69) is 0 Å². The van der Waals surface area contributed by atoms with Crippen LogP contribution in [0.25, 0.3) is 11.1 Å². The molecule has 0 spiro atoms. The van der Waals surface area contributed by atoms with Crippen LogP contribution in [0.15, 0.2) is 36.4 Å². The maximum atomic E-state index is 14.4. The monoisotopic (exact) mass is 423 g/mol. The largest absolute Gasteiger partial charge is 0.495 e. The molecule has 0 radical (unpaired) electrons. The Morgan fingerprint density at radius 2 is 1.81 bits per heavy atom. The number of hydrogen-bond donors (Lipinski definition) is 0. The highest BCUT2D eigenvalue weighted by molar-refractivity contribution is 6.64. The van der Waals surface area contributed by atoms with Gasteiger partial charge in [0.2, 0.25) is 0 Å². The van der Waals surface area contributed by atoms with Gasteiger partial charge in [-0.25, -0.2) is 9.18 Å². The summed E-state index contributed by atoms with van der Waals surface area (Å²) in [5.41, 5.74) is 0.988. The first-order chi connectivity index (χ1) is 14.6. The van der Waals surface area contributed by atoms with Gasteiger partial charge in [0.05, 0.1) is 28.9 Å². The van der Waals surface area contributed by atoms with Gasteiger partial charge in [-0.1, -0.05) is 25.5 Å². The van der Waals surface area contributed by atoms with Gasteiger partial charge in [0.1, 0.15) is 11.9 Å². The Hall–Kier alpha value is -2.69. The maximum absolute atomic E-state index is 14.4. The molecular weight excluding hydrogens is 396 g/mol. The van der Waals surface area contributed by atoms with E-state index in [1.807, 2.05) is 40.7 Å². The minimum Gasteiger partial charge on any atom is -0.462 e. The van der Waals surface area contributed by atoms with Crippen molar-refractivity contribution in [3.05, 3.63) is 53.3 Å². The van der Waals surface area contributed by atoms with Gasteiger partial charge in [0.15, 0.2) is 0 Å². The van der Waals surface area contributed by atoms with Crippen LogP contribution in [0.1, 0.15) is 63.4 Å². The van der Waals surface area contributed by atoms with Gasteiger partial charge < -0.3 is 14.0 Å². The summed E-state index contributed by atoms with van der Waals surface area (Å²) >= 11 is 0. The first-order valence-corrected chi connectivity index (χ1v) is 10.5. The van der Waals surface area contributed by atoms with Gasteiger partial charge in [-0.05, 0) is 75.0 Å². The smallest absolute Gasteiger partial charge is 0.462 e. The van der Waals surface area contributed by atoms with Crippen molar-refractivity contribution in [3.63, 3.8) is 0 Å². The van der Waals surface area contributed by atoms with Crippen LogP contribution in [0, 0.1) is 17.1 Å². The Bertz CT molecular complexity index is 1010. The summed E-state index contributed by atoms with van der Waals surface area (Å²) in [5.74, 6) is -1.07. The molecule has 162 valence electrons. The molecule has 2 aromatic rings. The Morgan fingerprint density at radius 3 is 2.39 bits per heavy atom. The van der Waals surface area contributed by atoms with E-state index < -0.39 is 30.1 Å². The second kappa shape index (κ2) is 8.82. The summed E-state index contributed by atoms with van der Waals surface area (Å²) < 4.78 is 32.1. The molecule has 0 saturated carbocycles. The van der Waals surface area contributed by atoms with Crippen molar-refractivity contribution in [2.45, 2.75) is 58.7 Å². The van der Waals surface area contributed by atoms with E-state index in [1.165, 1.54) is 12.1 Å². The standard InChI is InChI=1S/C24H27BFNO4/c1-6-7-12-29-22(28)17-10-11-20(25-30-23(2,3)24(4,5)31-25)19(13-17)16-8-9-18(15-27)21(26)14-16/h8-11,13-14H,6-7,12H2,1-5H3. The minimum atomic E-state index is -0.691. The van der Waals surface area contributed by atoms with Gasteiger partial charge in [-0.3, -0.25) is 0 Å². The summed E-state index contributed by atoms with van der Waals surface area (Å²) in [6, 6.07) is 11.3. The normalized spacial score (nSPS) is 16.7. The lowest BCUT2D eigenvalue weighted by Crippen LogP contribution is -2.41. The summed E-state index contributed by atoms with van der Waals surface area (Å²) in [6.07, 6.45) is 1.70. The highest BCUT2D eigenvalue weighted by atomic mass is 19.1. The fourth-order valence-corrected chi connectivity index (χ4v) is 3.27. The van der Waals surface area contributed by atoms with E-state index in [0.29, 0.717) is 28.8 Å². The molecule has 1 heterocycles. The third-order valence-electron chi connectivity index (χ3n) is 5.93. The van der Waals surface area contributed by atoms with Gasteiger partial charge in [0, 0.05) is 0 Å². The average Bonchev–Trinajstić information content (AvgIpc) is 2.94. The van der Waals surface area contributed by atoms with Crippen molar-refractivity contribution in [2.24, 2.45) is 0 Å². The van der Waals surface area contributed by atoms with Crippen molar-refractivity contribution < 1.29 is 23.2 Å². The first-order valence-electron chi connectivity index (χ1n) is 10.5. The first kappa shape index (κ1) is 23.0. The zero-order chi connectivity index (χ0) is 22.8. The summed E-state index contributed by atoms with van der Waals surface area (Å²) in [4.78, 5) is 12.5. The SMILES string of the molecule is CCCCOC(=O)c1ccc(B2OC(C)(C)C(C)(C)O2)c(-c2ccc(C#N)c(F)c2)c1. The molecule has 0 N–H and O–H groups in total. The quantitative estimate of drug-likeness (QED) is 0.385. The minimum absolute atomic E-state index is 0.0453. The van der Waals surface area contributed by atoms with E-state index in [0.717, 1.165) is 12.8 Å². The zero-order valence-electron chi connectivity index (χ0n) is 18.6. The lowest BCUT2D eigenvalue weighted by atomic mass is 9.74. The number of ether oxygens (including phenoxy) is 1. The van der Waals surface area contributed by atoms with Crippen LogP contribution >= 0.6 is 0 Å². The molecule has 0 amide bonds. The van der Waals surface area contributed by atoms with Crippen LogP contribution in [0.2, 0.25) is 0 Å². The molecule has 0 unspecified atom stereocenters. The number of esters is 1. The Kier molecular flexibility index (Phi) is 6.54. The third kappa shape index (κ3) is 4.66. The summed E-state index contributed by atoms with van der Waals surface area (Å²) in [5, 5.41) is 9.05. The summed E-state index contributed by atoms with van der Waals surface area (Å²) in [6.45, 7) is 10.2. The number of halogens is 1. The van der Waals surface area contributed by atoms with Crippen LogP contribution in [0.4, 0.5) is 4.39 Å². The number of carbonyl (C=O) groups is 1. The van der Waals surface area contributed by atoms with Crippen LogP contribution in [0.3, 0.4) is 0 Å². The zero-order valence-corrected chi connectivity index (χ0v) is 18.6. The number of rotatable bonds is 6. The molecule has 2 aromatic carbocycles. The molecule has 7 heteroatoms. The molecule has 0 bridgehead atoms. The molecule has 0 atom stereocenters. The molecule has 1 aliphatic heterocycles. The Labute approximate surface area is 183 Å². The Balaban J connectivity index is 2.06. The predicted octanol–water partition coefficient (Wildman–Crippen LogP) is 4.62. The molecular formula is C24H27BFNO4. The molecule has 0 aromatic heterocycles. The molecule has 0 aliphatic carbocycles. The molecule has 31 heavy (non-hydrogen) atoms. The van der Waals surface area contributed by atoms with Gasteiger partial charge in [-0.2, -0.15) is 5.26 Å². The second-order valence-corrected chi connectivity index (χ2v) is 8.69. The van der Waals surface area contributed by atoms with E-state index in [9.17, 15) is 9.18 Å². The van der Waals surface area contributed by atoms with Gasteiger partial charge >= 0.3 is 13.1 Å². The number of nitrogens with zero attached hydrogens (tertiary/aromatic N) is 1. The predicted molar refractivity (Wildman–Crippen MR) is 117 cm³/mol. The lowest BCUT2D eigenvalue weighted by molar-refractivity contribution is 0.00578. The van der Waals surface area contributed by atoms with Crippen molar-refractivity contribution >= 4 is 18.6 Å². The number of benzene rings is 2. The van der Waals surface area contributed by atoms with E-state index in [1.54, 1.807) is 24.3 Å². The number of unbranched alkanes of at least 4 members (excludes halogenated alkanes) is 1. The molecule has 1 aliphatic rings. The fourth-order valence-electron chi connectivity index (χ4n) is 3.27. The fraction of sp³-hybridized carbons (Fsp3) is 0.417. The molecule has 5 nitrogen and oxygen atoms in total. The van der Waals surface area contributed by atoms with Crippen LogP contribution in [0.5, 0.6) is 0 Å². The van der Waals surface area contributed by atoms with Crippen molar-refractivity contribution in [3.8, 4) is 17.2 Å². The van der Waals surface area contributed by atoms with E-state index >= 15 is 0 Å². The maximum Gasteiger partial charge on any atom is 0.495 e. The number of nitriles is 1. The highest BCUT2D eigenvalue weighted by Gasteiger charge is 2.52. The summed E-state index contributed by atoms with van der Waals surface area (Å²) in [7, 11) is -0.691. The molecule has 3 rings (SSSR count). The van der Waals surface area contributed by atoms with E-state index in [4.69, 9.17) is 19.3 Å². The van der Waals surface area contributed by atoms with Gasteiger partial charge in [-0.15, -0.1) is 0 Å². The third-order valence-corrected chi connectivity index (χ3v) is 5.93. The van der Waals surface area contributed by atoms with Crippen LogP contribution in [-0.2, 0) is 14.0 Å². The van der Waals surface area contributed by atoms with Gasteiger partial charge in [0.25, 0.3) is 0 Å². The van der Waals surface area contributed by atoms with Crippen molar-refractivity contribution in [1.82, 2.24) is 0 Å².